The molecule has 0 aliphatic rings. The molecule has 0 aliphatic carbocycles. The van der Waals surface area contributed by atoms with Crippen molar-refractivity contribution in [1.29, 1.82) is 0 Å². The fraction of sp³-hybridized carbons (Fsp3) is 0.273. The molecule has 1 unspecified atom stereocenters. The Labute approximate surface area is 92.3 Å². The van der Waals surface area contributed by atoms with E-state index in [-0.39, 0.29) is 17.7 Å². The topological polar surface area (TPSA) is 64.9 Å². The van der Waals surface area contributed by atoms with Gasteiger partial charge in [-0.25, -0.2) is 4.39 Å². The van der Waals surface area contributed by atoms with Crippen LogP contribution in [0.15, 0.2) is 22.7 Å². The lowest BCUT2D eigenvalue weighted by Crippen LogP contribution is -2.06. The van der Waals surface area contributed by atoms with Gasteiger partial charge in [-0.2, -0.15) is 4.98 Å². The first-order valence-corrected chi connectivity index (χ1v) is 4.93. The molecule has 0 spiro atoms. The molecule has 84 valence electrons. The Balaban J connectivity index is 2.42. The minimum absolute atomic E-state index is 0.157. The second-order valence-corrected chi connectivity index (χ2v) is 3.73. The Kier molecular flexibility index (Phi) is 2.70. The summed E-state index contributed by atoms with van der Waals surface area (Å²) in [4.78, 5) is 4.03. The first-order chi connectivity index (χ1) is 7.58. The second kappa shape index (κ2) is 4.02. The van der Waals surface area contributed by atoms with Crippen molar-refractivity contribution in [2.24, 2.45) is 5.73 Å². The Morgan fingerprint density at radius 2 is 2.19 bits per heavy atom. The third-order valence-corrected chi connectivity index (χ3v) is 2.20. The molecular weight excluding hydrogens is 209 g/mol. The maximum atomic E-state index is 13.6. The molecule has 2 rings (SSSR count). The summed E-state index contributed by atoms with van der Waals surface area (Å²) in [6.45, 7) is 3.55. The third-order valence-electron chi connectivity index (χ3n) is 2.20. The van der Waals surface area contributed by atoms with E-state index in [0.29, 0.717) is 11.4 Å². The van der Waals surface area contributed by atoms with Crippen LogP contribution in [0.4, 0.5) is 4.39 Å². The molecule has 2 N–H and O–H groups in total. The van der Waals surface area contributed by atoms with Gasteiger partial charge in [0.2, 0.25) is 0 Å². The van der Waals surface area contributed by atoms with Crippen LogP contribution >= 0.6 is 0 Å². The molecule has 4 nitrogen and oxygen atoms in total. The van der Waals surface area contributed by atoms with Gasteiger partial charge in [0.05, 0.1) is 11.6 Å². The number of benzene rings is 1. The van der Waals surface area contributed by atoms with E-state index in [1.165, 1.54) is 6.07 Å². The van der Waals surface area contributed by atoms with E-state index < -0.39 is 0 Å². The monoisotopic (exact) mass is 221 g/mol. The Morgan fingerprint density at radius 1 is 1.44 bits per heavy atom. The molecule has 5 heteroatoms. The summed E-state index contributed by atoms with van der Waals surface area (Å²) in [5, 5.41) is 3.68. The first-order valence-electron chi connectivity index (χ1n) is 4.93. The number of nitrogens with two attached hydrogens (primary N) is 1. The van der Waals surface area contributed by atoms with Crippen LogP contribution in [0.5, 0.6) is 0 Å². The van der Waals surface area contributed by atoms with Crippen LogP contribution in [0.1, 0.15) is 24.4 Å². The van der Waals surface area contributed by atoms with Crippen LogP contribution in [0, 0.1) is 12.7 Å². The van der Waals surface area contributed by atoms with Gasteiger partial charge in [-0.3, -0.25) is 0 Å². The lowest BCUT2D eigenvalue weighted by atomic mass is 10.1. The van der Waals surface area contributed by atoms with Crippen molar-refractivity contribution < 1.29 is 8.91 Å². The van der Waals surface area contributed by atoms with Crippen LogP contribution in [0.25, 0.3) is 11.5 Å². The molecule has 0 aliphatic heterocycles. The van der Waals surface area contributed by atoms with E-state index >= 15 is 0 Å². The number of aryl methyl sites for hydroxylation is 1. The highest BCUT2D eigenvalue weighted by atomic mass is 19.1. The molecule has 1 heterocycles. The standard InChI is InChI=1S/C11H12FN3O/c1-6-3-4-8(9(12)5-6)11-14-10(7(2)13)15-16-11/h3-5,7H,13H2,1-2H3. The quantitative estimate of drug-likeness (QED) is 0.844. The summed E-state index contributed by atoms with van der Waals surface area (Å²) in [7, 11) is 0. The van der Waals surface area contributed by atoms with Crippen molar-refractivity contribution in [2.75, 3.05) is 0 Å². The van der Waals surface area contributed by atoms with Crippen LogP contribution in [0.3, 0.4) is 0 Å². The molecule has 0 amide bonds. The number of aromatic nitrogens is 2. The second-order valence-electron chi connectivity index (χ2n) is 3.73. The van der Waals surface area contributed by atoms with Gasteiger partial charge in [-0.05, 0) is 31.5 Å². The zero-order chi connectivity index (χ0) is 11.7. The molecule has 2 aromatic rings. The maximum absolute atomic E-state index is 13.6. The molecule has 1 aromatic heterocycles. The molecule has 0 bridgehead atoms. The fourth-order valence-corrected chi connectivity index (χ4v) is 1.32. The summed E-state index contributed by atoms with van der Waals surface area (Å²) < 4.78 is 18.5. The predicted octanol–water partition coefficient (Wildman–Crippen LogP) is 2.20. The van der Waals surface area contributed by atoms with Crippen molar-refractivity contribution in [3.05, 3.63) is 35.4 Å². The van der Waals surface area contributed by atoms with Gasteiger partial charge in [0, 0.05) is 0 Å². The molecule has 0 fully saturated rings. The van der Waals surface area contributed by atoms with Crippen molar-refractivity contribution >= 4 is 0 Å². The molecule has 1 aromatic carbocycles. The van der Waals surface area contributed by atoms with Gasteiger partial charge in [0.15, 0.2) is 5.82 Å². The van der Waals surface area contributed by atoms with Crippen LogP contribution in [0.2, 0.25) is 0 Å². The highest BCUT2D eigenvalue weighted by Gasteiger charge is 2.14. The van der Waals surface area contributed by atoms with E-state index in [1.54, 1.807) is 19.1 Å². The number of hydrogen-bond acceptors (Lipinski definition) is 4. The summed E-state index contributed by atoms with van der Waals surface area (Å²) in [6, 6.07) is 4.49. The van der Waals surface area contributed by atoms with E-state index in [2.05, 4.69) is 10.1 Å². The Bertz CT molecular complexity index is 508. The molecule has 0 saturated heterocycles. The van der Waals surface area contributed by atoms with Crippen LogP contribution in [-0.4, -0.2) is 10.1 Å². The predicted molar refractivity (Wildman–Crippen MR) is 57.0 cm³/mol. The smallest absolute Gasteiger partial charge is 0.260 e. The Hall–Kier alpha value is -1.75. The molecule has 0 saturated carbocycles. The highest BCUT2D eigenvalue weighted by Crippen LogP contribution is 2.22. The first kappa shape index (κ1) is 10.8. The fourth-order valence-electron chi connectivity index (χ4n) is 1.32. The van der Waals surface area contributed by atoms with E-state index in [0.717, 1.165) is 5.56 Å². The van der Waals surface area contributed by atoms with E-state index in [9.17, 15) is 4.39 Å². The van der Waals surface area contributed by atoms with Gasteiger partial charge in [0.25, 0.3) is 5.89 Å². The molecule has 16 heavy (non-hydrogen) atoms. The minimum atomic E-state index is -0.375. The van der Waals surface area contributed by atoms with Gasteiger partial charge in [-0.1, -0.05) is 11.2 Å². The van der Waals surface area contributed by atoms with Crippen LogP contribution < -0.4 is 5.73 Å². The zero-order valence-electron chi connectivity index (χ0n) is 9.07. The van der Waals surface area contributed by atoms with E-state index in [1.807, 2.05) is 6.92 Å². The van der Waals surface area contributed by atoms with Gasteiger partial charge in [-0.15, -0.1) is 0 Å². The molecular formula is C11H12FN3O. The van der Waals surface area contributed by atoms with E-state index in [4.69, 9.17) is 10.3 Å². The minimum Gasteiger partial charge on any atom is -0.334 e. The zero-order valence-corrected chi connectivity index (χ0v) is 9.07. The van der Waals surface area contributed by atoms with Crippen LogP contribution in [-0.2, 0) is 0 Å². The van der Waals surface area contributed by atoms with Crippen molar-refractivity contribution in [1.82, 2.24) is 10.1 Å². The van der Waals surface area contributed by atoms with Gasteiger partial charge >= 0.3 is 0 Å². The SMILES string of the molecule is Cc1ccc(-c2nc(C(C)N)no2)c(F)c1. The van der Waals surface area contributed by atoms with Crippen molar-refractivity contribution in [2.45, 2.75) is 19.9 Å². The summed E-state index contributed by atoms with van der Waals surface area (Å²) in [6.07, 6.45) is 0. The summed E-state index contributed by atoms with van der Waals surface area (Å²) in [5.74, 6) is 0.152. The van der Waals surface area contributed by atoms with Crippen molar-refractivity contribution in [3.63, 3.8) is 0 Å². The van der Waals surface area contributed by atoms with Gasteiger partial charge in [0.1, 0.15) is 5.82 Å². The summed E-state index contributed by atoms with van der Waals surface area (Å²) >= 11 is 0. The largest absolute Gasteiger partial charge is 0.334 e. The lowest BCUT2D eigenvalue weighted by Gasteiger charge is -1.98. The van der Waals surface area contributed by atoms with Gasteiger partial charge < -0.3 is 10.3 Å². The molecule has 0 radical (unpaired) electrons. The normalized spacial score (nSPS) is 12.8. The van der Waals surface area contributed by atoms with Crippen molar-refractivity contribution in [3.8, 4) is 11.5 Å². The third kappa shape index (κ3) is 1.94. The lowest BCUT2D eigenvalue weighted by molar-refractivity contribution is 0.416. The number of halogens is 1. The number of hydrogen-bond donors (Lipinski definition) is 1. The number of nitrogens with zero attached hydrogens (tertiary/aromatic N) is 2. The number of rotatable bonds is 2. The maximum Gasteiger partial charge on any atom is 0.260 e. The molecule has 1 atom stereocenters. The average Bonchev–Trinajstić information content (AvgIpc) is 2.66. The Morgan fingerprint density at radius 3 is 2.75 bits per heavy atom. The highest BCUT2D eigenvalue weighted by molar-refractivity contribution is 5.54. The average molecular weight is 221 g/mol. The summed E-state index contributed by atoms with van der Waals surface area (Å²) in [5.41, 5.74) is 6.73.